The second-order valence-electron chi connectivity index (χ2n) is 6.04. The van der Waals surface area contributed by atoms with E-state index >= 15 is 0 Å². The van der Waals surface area contributed by atoms with Gasteiger partial charge in [0.15, 0.2) is 0 Å². The Morgan fingerprint density at radius 2 is 2.10 bits per heavy atom. The summed E-state index contributed by atoms with van der Waals surface area (Å²) in [4.78, 5) is 14.7. The molecule has 0 radical (unpaired) electrons. The molecule has 1 fully saturated rings. The molecule has 1 aliphatic rings. The summed E-state index contributed by atoms with van der Waals surface area (Å²) < 4.78 is 0. The number of benzene rings is 1. The van der Waals surface area contributed by atoms with Crippen LogP contribution in [0, 0.1) is 5.41 Å². The van der Waals surface area contributed by atoms with Gasteiger partial charge in [-0.1, -0.05) is 36.8 Å². The van der Waals surface area contributed by atoms with E-state index in [9.17, 15) is 4.79 Å². The summed E-state index contributed by atoms with van der Waals surface area (Å²) in [5.74, 6) is 0.237. The van der Waals surface area contributed by atoms with Crippen LogP contribution in [0.15, 0.2) is 30.3 Å². The van der Waals surface area contributed by atoms with Crippen LogP contribution < -0.4 is 5.73 Å². The summed E-state index contributed by atoms with van der Waals surface area (Å²) >= 11 is 0. The molecular formula is C17H26N2O. The molecule has 2 N–H and O–H groups in total. The normalized spacial score (nSPS) is 25.6. The van der Waals surface area contributed by atoms with Crippen molar-refractivity contribution in [1.82, 2.24) is 4.90 Å². The maximum absolute atomic E-state index is 12.8. The Bertz CT molecular complexity index is 446. The second kappa shape index (κ2) is 6.40. The minimum absolute atomic E-state index is 0.0146. The first-order valence-electron chi connectivity index (χ1n) is 7.67. The minimum Gasteiger partial charge on any atom is -0.342 e. The highest BCUT2D eigenvalue weighted by molar-refractivity contribution is 5.83. The molecule has 0 heterocycles. The standard InChI is InChI=1S/C17H26N2O/c1-3-19(13-11-14-8-5-4-6-9-14)16(20)17(2)12-7-10-15(17)18/h4-6,8-9,15H,3,7,10-13,18H2,1-2H3. The summed E-state index contributed by atoms with van der Waals surface area (Å²) in [6.45, 7) is 5.63. The lowest BCUT2D eigenvalue weighted by atomic mass is 9.83. The minimum atomic E-state index is -0.354. The van der Waals surface area contributed by atoms with Gasteiger partial charge in [-0.15, -0.1) is 0 Å². The summed E-state index contributed by atoms with van der Waals surface area (Å²) in [6, 6.07) is 10.3. The molecule has 3 heteroatoms. The van der Waals surface area contributed by atoms with Gasteiger partial charge in [-0.3, -0.25) is 4.79 Å². The molecule has 2 rings (SSSR count). The number of likely N-dealkylation sites (N-methyl/N-ethyl adjacent to an activating group) is 1. The quantitative estimate of drug-likeness (QED) is 0.897. The summed E-state index contributed by atoms with van der Waals surface area (Å²) in [7, 11) is 0. The van der Waals surface area contributed by atoms with Crippen LogP contribution in [0.4, 0.5) is 0 Å². The number of carbonyl (C=O) groups excluding carboxylic acids is 1. The van der Waals surface area contributed by atoms with Gasteiger partial charge in [-0.25, -0.2) is 0 Å². The van der Waals surface area contributed by atoms with E-state index in [-0.39, 0.29) is 17.4 Å². The molecule has 1 amide bonds. The molecule has 0 spiro atoms. The largest absolute Gasteiger partial charge is 0.342 e. The van der Waals surface area contributed by atoms with Gasteiger partial charge in [-0.2, -0.15) is 0 Å². The number of carbonyl (C=O) groups is 1. The van der Waals surface area contributed by atoms with Crippen LogP contribution >= 0.6 is 0 Å². The van der Waals surface area contributed by atoms with E-state index < -0.39 is 0 Å². The van der Waals surface area contributed by atoms with Crippen LogP contribution in [0.1, 0.15) is 38.7 Å². The van der Waals surface area contributed by atoms with E-state index in [1.165, 1.54) is 5.56 Å². The van der Waals surface area contributed by atoms with Crippen LogP contribution in [0.25, 0.3) is 0 Å². The molecule has 0 bridgehead atoms. The van der Waals surface area contributed by atoms with Gasteiger partial charge in [0.25, 0.3) is 0 Å². The van der Waals surface area contributed by atoms with Gasteiger partial charge in [0.1, 0.15) is 0 Å². The number of hydrogen-bond acceptors (Lipinski definition) is 2. The number of hydrogen-bond donors (Lipinski definition) is 1. The first-order chi connectivity index (χ1) is 9.58. The summed E-state index contributed by atoms with van der Waals surface area (Å²) in [5, 5.41) is 0. The lowest BCUT2D eigenvalue weighted by Gasteiger charge is -2.34. The lowest BCUT2D eigenvalue weighted by molar-refractivity contribution is -0.141. The average molecular weight is 274 g/mol. The predicted octanol–water partition coefficient (Wildman–Crippen LogP) is 2.60. The van der Waals surface area contributed by atoms with Crippen molar-refractivity contribution >= 4 is 5.91 Å². The van der Waals surface area contributed by atoms with Gasteiger partial charge >= 0.3 is 0 Å². The SMILES string of the molecule is CCN(CCc1ccccc1)C(=O)C1(C)CCCC1N. The molecule has 0 saturated heterocycles. The van der Waals surface area contributed by atoms with Crippen molar-refractivity contribution < 1.29 is 4.79 Å². The fraction of sp³-hybridized carbons (Fsp3) is 0.588. The van der Waals surface area contributed by atoms with Crippen molar-refractivity contribution in [3.8, 4) is 0 Å². The van der Waals surface area contributed by atoms with Gasteiger partial charge in [0, 0.05) is 19.1 Å². The third-order valence-corrected chi connectivity index (χ3v) is 4.70. The molecule has 2 unspecified atom stereocenters. The topological polar surface area (TPSA) is 46.3 Å². The van der Waals surface area contributed by atoms with Crippen molar-refractivity contribution in [1.29, 1.82) is 0 Å². The predicted molar refractivity (Wildman–Crippen MR) is 82.3 cm³/mol. The third-order valence-electron chi connectivity index (χ3n) is 4.70. The third kappa shape index (κ3) is 3.04. The van der Waals surface area contributed by atoms with Gasteiger partial charge in [0.05, 0.1) is 5.41 Å². The van der Waals surface area contributed by atoms with Crippen molar-refractivity contribution in [3.05, 3.63) is 35.9 Å². The number of amides is 1. The number of nitrogens with zero attached hydrogens (tertiary/aromatic N) is 1. The average Bonchev–Trinajstić information content (AvgIpc) is 2.81. The first kappa shape index (κ1) is 15.0. The summed E-state index contributed by atoms with van der Waals surface area (Å²) in [6.07, 6.45) is 3.87. The highest BCUT2D eigenvalue weighted by Crippen LogP contribution is 2.38. The Hall–Kier alpha value is -1.35. The number of rotatable bonds is 5. The molecule has 0 aliphatic heterocycles. The van der Waals surface area contributed by atoms with Crippen molar-refractivity contribution in [2.45, 2.75) is 45.6 Å². The Morgan fingerprint density at radius 3 is 2.65 bits per heavy atom. The summed E-state index contributed by atoms with van der Waals surface area (Å²) in [5.41, 5.74) is 7.09. The second-order valence-corrected chi connectivity index (χ2v) is 6.04. The Balaban J connectivity index is 1.99. The van der Waals surface area contributed by atoms with Gasteiger partial charge in [-0.05, 0) is 38.7 Å². The van der Waals surface area contributed by atoms with Gasteiger partial charge in [0.2, 0.25) is 5.91 Å². The van der Waals surface area contributed by atoms with Crippen molar-refractivity contribution in [3.63, 3.8) is 0 Å². The fourth-order valence-corrected chi connectivity index (χ4v) is 3.13. The molecule has 3 nitrogen and oxygen atoms in total. The molecule has 1 aromatic carbocycles. The van der Waals surface area contributed by atoms with Crippen LogP contribution in [-0.4, -0.2) is 29.9 Å². The van der Waals surface area contributed by atoms with Crippen LogP contribution in [0.5, 0.6) is 0 Å². The maximum atomic E-state index is 12.8. The van der Waals surface area contributed by atoms with E-state index in [1.807, 2.05) is 36.9 Å². The van der Waals surface area contributed by atoms with Crippen molar-refractivity contribution in [2.24, 2.45) is 11.1 Å². The molecule has 20 heavy (non-hydrogen) atoms. The molecule has 1 aromatic rings. The van der Waals surface area contributed by atoms with E-state index in [0.29, 0.717) is 0 Å². The zero-order valence-electron chi connectivity index (χ0n) is 12.6. The van der Waals surface area contributed by atoms with Crippen LogP contribution in [0.2, 0.25) is 0 Å². The fourth-order valence-electron chi connectivity index (χ4n) is 3.13. The Morgan fingerprint density at radius 1 is 1.40 bits per heavy atom. The smallest absolute Gasteiger partial charge is 0.230 e. The molecule has 0 aromatic heterocycles. The molecule has 1 aliphatic carbocycles. The van der Waals surface area contributed by atoms with Crippen LogP contribution in [0.3, 0.4) is 0 Å². The zero-order valence-corrected chi connectivity index (χ0v) is 12.6. The first-order valence-corrected chi connectivity index (χ1v) is 7.67. The highest BCUT2D eigenvalue weighted by Gasteiger charge is 2.44. The Kier molecular flexibility index (Phi) is 4.81. The van der Waals surface area contributed by atoms with Crippen molar-refractivity contribution in [2.75, 3.05) is 13.1 Å². The lowest BCUT2D eigenvalue weighted by Crippen LogP contribution is -2.49. The van der Waals surface area contributed by atoms with E-state index in [2.05, 4.69) is 12.1 Å². The Labute approximate surface area is 122 Å². The van der Waals surface area contributed by atoms with E-state index in [4.69, 9.17) is 5.73 Å². The number of nitrogens with two attached hydrogens (primary N) is 1. The van der Waals surface area contributed by atoms with Gasteiger partial charge < -0.3 is 10.6 Å². The molecule has 110 valence electrons. The van der Waals surface area contributed by atoms with Crippen LogP contribution in [-0.2, 0) is 11.2 Å². The highest BCUT2D eigenvalue weighted by atomic mass is 16.2. The molecule has 2 atom stereocenters. The van der Waals surface area contributed by atoms with E-state index in [0.717, 1.165) is 38.8 Å². The van der Waals surface area contributed by atoms with E-state index in [1.54, 1.807) is 0 Å². The zero-order chi connectivity index (χ0) is 14.6. The molecule has 1 saturated carbocycles. The monoisotopic (exact) mass is 274 g/mol. The maximum Gasteiger partial charge on any atom is 0.230 e. The molecular weight excluding hydrogens is 248 g/mol.